The van der Waals surface area contributed by atoms with Gasteiger partial charge in [0.15, 0.2) is 5.96 Å². The molecule has 1 aliphatic rings. The number of hydrogen-bond donors (Lipinski definition) is 1. The maximum absolute atomic E-state index is 5.94. The molecule has 142 valence electrons. The molecule has 1 saturated heterocycles. The normalized spacial score (nSPS) is 16.4. The van der Waals surface area contributed by atoms with Gasteiger partial charge in [0.1, 0.15) is 0 Å². The van der Waals surface area contributed by atoms with E-state index in [4.69, 9.17) is 14.5 Å². The predicted molar refractivity (Wildman–Crippen MR) is 99.9 cm³/mol. The summed E-state index contributed by atoms with van der Waals surface area (Å²) in [5, 5.41) is 7.64. The number of ether oxygens (including phenoxy) is 2. The third kappa shape index (κ3) is 7.44. The van der Waals surface area contributed by atoms with Gasteiger partial charge in [0.25, 0.3) is 0 Å². The van der Waals surface area contributed by atoms with Gasteiger partial charge in [-0.15, -0.1) is 0 Å². The molecule has 0 aromatic carbocycles. The lowest BCUT2D eigenvalue weighted by Gasteiger charge is -2.34. The van der Waals surface area contributed by atoms with Crippen molar-refractivity contribution in [1.82, 2.24) is 20.0 Å². The van der Waals surface area contributed by atoms with E-state index in [-0.39, 0.29) is 0 Å². The van der Waals surface area contributed by atoms with E-state index in [0.29, 0.717) is 6.10 Å². The average Bonchev–Trinajstić information content (AvgIpc) is 3.15. The molecule has 0 unspecified atom stereocenters. The van der Waals surface area contributed by atoms with Crippen LogP contribution < -0.4 is 5.32 Å². The molecule has 2 rings (SSSR count). The van der Waals surface area contributed by atoms with E-state index in [9.17, 15) is 0 Å². The minimum Gasteiger partial charge on any atom is -0.385 e. The Morgan fingerprint density at radius 1 is 1.28 bits per heavy atom. The maximum atomic E-state index is 5.94. The monoisotopic (exact) mass is 351 g/mol. The SMILES string of the molecule is CCNC(=NCCCn1cccn1)N1CCC(OCCCOC)CC1. The molecule has 0 spiro atoms. The number of methoxy groups -OCH3 is 1. The van der Waals surface area contributed by atoms with Crippen LogP contribution in [0.25, 0.3) is 0 Å². The molecule has 1 aromatic rings. The Balaban J connectivity index is 1.69. The molecule has 25 heavy (non-hydrogen) atoms. The fourth-order valence-electron chi connectivity index (χ4n) is 2.96. The van der Waals surface area contributed by atoms with Gasteiger partial charge in [0.05, 0.1) is 6.10 Å². The molecule has 0 amide bonds. The summed E-state index contributed by atoms with van der Waals surface area (Å²) in [6.45, 7) is 8.30. The van der Waals surface area contributed by atoms with Crippen LogP contribution >= 0.6 is 0 Å². The van der Waals surface area contributed by atoms with Crippen molar-refractivity contribution in [2.75, 3.05) is 46.5 Å². The molecule has 1 N–H and O–H groups in total. The Labute approximate surface area is 151 Å². The smallest absolute Gasteiger partial charge is 0.193 e. The lowest BCUT2D eigenvalue weighted by Crippen LogP contribution is -2.47. The van der Waals surface area contributed by atoms with Crippen LogP contribution in [-0.4, -0.2) is 73.2 Å². The summed E-state index contributed by atoms with van der Waals surface area (Å²) in [5.74, 6) is 1.03. The number of rotatable bonds is 10. The fraction of sp³-hybridized carbons (Fsp3) is 0.778. The average molecular weight is 351 g/mol. The van der Waals surface area contributed by atoms with Crippen molar-refractivity contribution < 1.29 is 9.47 Å². The molecule has 0 aliphatic carbocycles. The van der Waals surface area contributed by atoms with Crippen LogP contribution in [0.15, 0.2) is 23.5 Å². The molecule has 1 aromatic heterocycles. The Morgan fingerprint density at radius 3 is 2.80 bits per heavy atom. The van der Waals surface area contributed by atoms with Crippen LogP contribution in [0.1, 0.15) is 32.6 Å². The Kier molecular flexibility index (Phi) is 9.36. The highest BCUT2D eigenvalue weighted by molar-refractivity contribution is 5.80. The Bertz CT molecular complexity index is 470. The van der Waals surface area contributed by atoms with E-state index >= 15 is 0 Å². The minimum absolute atomic E-state index is 0.371. The number of nitrogens with zero attached hydrogens (tertiary/aromatic N) is 4. The standard InChI is InChI=1S/C18H33N5O2/c1-3-19-18(20-9-4-11-23-12-5-10-21-23)22-13-7-17(8-14-22)25-16-6-15-24-2/h5,10,12,17H,3-4,6-9,11,13-16H2,1-2H3,(H,19,20). The third-order valence-electron chi connectivity index (χ3n) is 4.29. The highest BCUT2D eigenvalue weighted by Crippen LogP contribution is 2.14. The highest BCUT2D eigenvalue weighted by Gasteiger charge is 2.21. The molecular weight excluding hydrogens is 318 g/mol. The summed E-state index contributed by atoms with van der Waals surface area (Å²) < 4.78 is 12.9. The third-order valence-corrected chi connectivity index (χ3v) is 4.29. The second kappa shape index (κ2) is 11.9. The van der Waals surface area contributed by atoms with Gasteiger partial charge in [-0.25, -0.2) is 0 Å². The van der Waals surface area contributed by atoms with Crippen LogP contribution in [-0.2, 0) is 16.0 Å². The van der Waals surface area contributed by atoms with Gasteiger partial charge in [-0.1, -0.05) is 0 Å². The van der Waals surface area contributed by atoms with E-state index in [0.717, 1.165) is 77.6 Å². The molecule has 1 aliphatic heterocycles. The van der Waals surface area contributed by atoms with Gasteiger partial charge in [0.2, 0.25) is 0 Å². The molecular formula is C18H33N5O2. The van der Waals surface area contributed by atoms with E-state index in [1.807, 2.05) is 23.1 Å². The number of aryl methyl sites for hydroxylation is 1. The summed E-state index contributed by atoms with van der Waals surface area (Å²) in [6.07, 6.45) is 8.26. The van der Waals surface area contributed by atoms with Gasteiger partial charge < -0.3 is 19.7 Å². The van der Waals surface area contributed by atoms with Crippen molar-refractivity contribution in [3.63, 3.8) is 0 Å². The van der Waals surface area contributed by atoms with Gasteiger partial charge >= 0.3 is 0 Å². The molecule has 7 nitrogen and oxygen atoms in total. The van der Waals surface area contributed by atoms with Gasteiger partial charge in [-0.05, 0) is 38.7 Å². The van der Waals surface area contributed by atoms with E-state index in [1.165, 1.54) is 0 Å². The molecule has 0 atom stereocenters. The van der Waals surface area contributed by atoms with Crippen LogP contribution in [0.4, 0.5) is 0 Å². The number of likely N-dealkylation sites (tertiary alicyclic amines) is 1. The molecule has 7 heteroatoms. The van der Waals surface area contributed by atoms with Crippen molar-refractivity contribution >= 4 is 5.96 Å². The molecule has 0 bridgehead atoms. The summed E-state index contributed by atoms with van der Waals surface area (Å²) >= 11 is 0. The maximum Gasteiger partial charge on any atom is 0.193 e. The quantitative estimate of drug-likeness (QED) is 0.395. The largest absolute Gasteiger partial charge is 0.385 e. The second-order valence-electron chi connectivity index (χ2n) is 6.26. The van der Waals surface area contributed by atoms with Crippen molar-refractivity contribution in [2.45, 2.75) is 45.3 Å². The van der Waals surface area contributed by atoms with Gasteiger partial charge in [-0.3, -0.25) is 9.67 Å². The van der Waals surface area contributed by atoms with Crippen molar-refractivity contribution in [1.29, 1.82) is 0 Å². The number of aliphatic imine (C=N–C) groups is 1. The second-order valence-corrected chi connectivity index (χ2v) is 6.26. The van der Waals surface area contributed by atoms with Crippen molar-refractivity contribution in [3.8, 4) is 0 Å². The first-order chi connectivity index (χ1) is 12.3. The summed E-state index contributed by atoms with van der Waals surface area (Å²) in [6, 6.07) is 1.95. The van der Waals surface area contributed by atoms with Crippen LogP contribution in [0.3, 0.4) is 0 Å². The van der Waals surface area contributed by atoms with E-state index in [1.54, 1.807) is 7.11 Å². The first kappa shape index (κ1) is 19.7. The van der Waals surface area contributed by atoms with Crippen molar-refractivity contribution in [2.24, 2.45) is 4.99 Å². The number of piperidine rings is 1. The zero-order valence-corrected chi connectivity index (χ0v) is 15.7. The fourth-order valence-corrected chi connectivity index (χ4v) is 2.96. The summed E-state index contributed by atoms with van der Waals surface area (Å²) in [4.78, 5) is 7.13. The molecule has 2 heterocycles. The summed E-state index contributed by atoms with van der Waals surface area (Å²) in [7, 11) is 1.73. The van der Waals surface area contributed by atoms with Gasteiger partial charge in [0, 0.05) is 65.4 Å². The molecule has 0 saturated carbocycles. The van der Waals surface area contributed by atoms with Crippen LogP contribution in [0.2, 0.25) is 0 Å². The van der Waals surface area contributed by atoms with Gasteiger partial charge in [-0.2, -0.15) is 5.10 Å². The summed E-state index contributed by atoms with van der Waals surface area (Å²) in [5.41, 5.74) is 0. The molecule has 0 radical (unpaired) electrons. The molecule has 1 fully saturated rings. The number of nitrogens with one attached hydrogen (secondary N) is 1. The number of guanidine groups is 1. The van der Waals surface area contributed by atoms with Crippen LogP contribution in [0, 0.1) is 0 Å². The zero-order valence-electron chi connectivity index (χ0n) is 15.7. The van der Waals surface area contributed by atoms with E-state index in [2.05, 4.69) is 22.2 Å². The Hall–Kier alpha value is -1.60. The minimum atomic E-state index is 0.371. The topological polar surface area (TPSA) is 63.9 Å². The first-order valence-electron chi connectivity index (χ1n) is 9.44. The Morgan fingerprint density at radius 2 is 2.12 bits per heavy atom. The lowest BCUT2D eigenvalue weighted by atomic mass is 10.1. The number of aromatic nitrogens is 2. The first-order valence-corrected chi connectivity index (χ1v) is 9.44. The predicted octanol–water partition coefficient (Wildman–Crippen LogP) is 1.76. The number of hydrogen-bond acceptors (Lipinski definition) is 4. The highest BCUT2D eigenvalue weighted by atomic mass is 16.5. The van der Waals surface area contributed by atoms with Crippen molar-refractivity contribution in [3.05, 3.63) is 18.5 Å². The van der Waals surface area contributed by atoms with E-state index < -0.39 is 0 Å². The lowest BCUT2D eigenvalue weighted by molar-refractivity contribution is 0.00990. The van der Waals surface area contributed by atoms with Crippen LogP contribution in [0.5, 0.6) is 0 Å². The zero-order chi connectivity index (χ0) is 17.7.